The van der Waals surface area contributed by atoms with Gasteiger partial charge in [-0.3, -0.25) is 9.59 Å². The van der Waals surface area contributed by atoms with E-state index in [-0.39, 0.29) is 18.0 Å². The molecule has 0 rings (SSSR count). The second-order valence-electron chi connectivity index (χ2n) is 7.52. The van der Waals surface area contributed by atoms with Gasteiger partial charge in [0, 0.05) is 11.5 Å². The van der Waals surface area contributed by atoms with Gasteiger partial charge in [-0.25, -0.2) is 0 Å². The summed E-state index contributed by atoms with van der Waals surface area (Å²) in [5, 5.41) is 9.94. The minimum atomic E-state index is -0.651. The van der Waals surface area contributed by atoms with Crippen LogP contribution in [-0.2, 0) is 14.3 Å². The molecule has 0 aliphatic rings. The largest absolute Gasteiger partial charge is 0.481 e. The minimum absolute atomic E-state index is 0.0809. The second kappa shape index (κ2) is 15.6. The van der Waals surface area contributed by atoms with E-state index in [0.29, 0.717) is 22.2 Å². The molecule has 0 radical (unpaired) electrons. The van der Waals surface area contributed by atoms with Crippen LogP contribution in [0.2, 0.25) is 0 Å². The Bertz CT molecular complexity index is 388. The molecule has 0 heterocycles. The van der Waals surface area contributed by atoms with Gasteiger partial charge < -0.3 is 15.6 Å². The molecule has 0 saturated carbocycles. The van der Waals surface area contributed by atoms with Gasteiger partial charge in [0.05, 0.1) is 12.0 Å². The zero-order valence-electron chi connectivity index (χ0n) is 17.7. The van der Waals surface area contributed by atoms with E-state index in [1.807, 2.05) is 13.8 Å². The van der Waals surface area contributed by atoms with Crippen LogP contribution in [0.25, 0.3) is 0 Å². The molecular weight excluding hydrogens is 370 g/mol. The summed E-state index contributed by atoms with van der Waals surface area (Å²) in [6, 6.07) is -0.491. The highest BCUT2D eigenvalue weighted by molar-refractivity contribution is 8.00. The third kappa shape index (κ3) is 18.4. The van der Waals surface area contributed by atoms with E-state index in [4.69, 9.17) is 15.6 Å². The number of carboxylic acid groups (broad SMARTS) is 1. The standard InChI is InChI=1S/C10H20O2S.C9H19NO2S/c1-7(2)5-9(10(11)12)6-13-8(3)4;1-6(2)12-9(11)8(10)5-13-7(3)4/h7-9H,5-6H2,1-4H3,(H,11,12);6-8H,5,10H2,1-4H3. The Morgan fingerprint density at radius 2 is 1.38 bits per heavy atom. The van der Waals surface area contributed by atoms with E-state index in [1.165, 1.54) is 0 Å². The van der Waals surface area contributed by atoms with Crippen molar-refractivity contribution >= 4 is 35.5 Å². The van der Waals surface area contributed by atoms with E-state index in [9.17, 15) is 9.59 Å². The van der Waals surface area contributed by atoms with Gasteiger partial charge in [-0.2, -0.15) is 23.5 Å². The first-order chi connectivity index (χ1) is 11.9. The normalized spacial score (nSPS) is 13.6. The lowest BCUT2D eigenvalue weighted by Gasteiger charge is -2.15. The smallest absolute Gasteiger partial charge is 0.324 e. The number of nitrogens with two attached hydrogens (primary N) is 1. The average molecular weight is 410 g/mol. The maximum atomic E-state index is 11.2. The van der Waals surface area contributed by atoms with E-state index in [0.717, 1.165) is 12.2 Å². The zero-order chi connectivity index (χ0) is 20.9. The summed E-state index contributed by atoms with van der Waals surface area (Å²) in [6.45, 7) is 16.1. The predicted octanol–water partition coefficient (Wildman–Crippen LogP) is 4.28. The fraction of sp³-hybridized carbons (Fsp3) is 0.895. The van der Waals surface area contributed by atoms with Crippen molar-refractivity contribution in [2.24, 2.45) is 17.6 Å². The summed E-state index contributed by atoms with van der Waals surface area (Å²) >= 11 is 3.40. The lowest BCUT2D eigenvalue weighted by atomic mass is 9.99. The van der Waals surface area contributed by atoms with Gasteiger partial charge in [-0.05, 0) is 36.7 Å². The van der Waals surface area contributed by atoms with Crippen LogP contribution in [0.1, 0.15) is 61.8 Å². The molecule has 0 spiro atoms. The fourth-order valence-corrected chi connectivity index (χ4v) is 3.43. The maximum absolute atomic E-state index is 11.2. The van der Waals surface area contributed by atoms with Gasteiger partial charge in [0.1, 0.15) is 6.04 Å². The molecule has 0 bridgehead atoms. The first-order valence-electron chi connectivity index (χ1n) is 9.28. The van der Waals surface area contributed by atoms with Crippen molar-refractivity contribution in [3.8, 4) is 0 Å². The third-order valence-corrected chi connectivity index (χ3v) is 5.48. The van der Waals surface area contributed by atoms with E-state index in [2.05, 4.69) is 41.5 Å². The van der Waals surface area contributed by atoms with E-state index < -0.39 is 12.0 Å². The molecule has 0 aromatic heterocycles. The van der Waals surface area contributed by atoms with Crippen LogP contribution in [0, 0.1) is 11.8 Å². The van der Waals surface area contributed by atoms with E-state index in [1.54, 1.807) is 23.5 Å². The van der Waals surface area contributed by atoms with Gasteiger partial charge in [0.2, 0.25) is 0 Å². The van der Waals surface area contributed by atoms with E-state index >= 15 is 0 Å². The second-order valence-corrected chi connectivity index (χ2v) is 10.7. The van der Waals surface area contributed by atoms with Crippen molar-refractivity contribution in [1.82, 2.24) is 0 Å². The number of ether oxygens (including phenoxy) is 1. The Labute approximate surface area is 168 Å². The van der Waals surface area contributed by atoms with Crippen molar-refractivity contribution in [1.29, 1.82) is 0 Å². The molecule has 0 aliphatic carbocycles. The van der Waals surface area contributed by atoms with Crippen LogP contribution in [0.4, 0.5) is 0 Å². The highest BCUT2D eigenvalue weighted by Gasteiger charge is 2.19. The molecule has 26 heavy (non-hydrogen) atoms. The highest BCUT2D eigenvalue weighted by Crippen LogP contribution is 2.20. The molecule has 2 unspecified atom stereocenters. The molecule has 3 N–H and O–H groups in total. The van der Waals surface area contributed by atoms with Gasteiger partial charge in [0.25, 0.3) is 0 Å². The van der Waals surface area contributed by atoms with Crippen LogP contribution < -0.4 is 5.73 Å². The summed E-state index contributed by atoms with van der Waals surface area (Å²) < 4.78 is 4.97. The lowest BCUT2D eigenvalue weighted by molar-refractivity contribution is -0.148. The Balaban J connectivity index is 0. The SMILES string of the molecule is CC(C)CC(CSC(C)C)C(=O)O.CC(C)OC(=O)C(N)CSC(C)C. The maximum Gasteiger partial charge on any atom is 0.324 e. The number of hydrogen-bond donors (Lipinski definition) is 2. The van der Waals surface area contributed by atoms with Crippen LogP contribution >= 0.6 is 23.5 Å². The first-order valence-corrected chi connectivity index (χ1v) is 11.4. The van der Waals surface area contributed by atoms with Gasteiger partial charge in [0.15, 0.2) is 0 Å². The Morgan fingerprint density at radius 3 is 1.73 bits per heavy atom. The van der Waals surface area contributed by atoms with Crippen LogP contribution in [0.15, 0.2) is 0 Å². The molecule has 0 amide bonds. The molecule has 156 valence electrons. The van der Waals surface area contributed by atoms with Gasteiger partial charge >= 0.3 is 11.9 Å². The Hall–Kier alpha value is -0.400. The van der Waals surface area contributed by atoms with Crippen molar-refractivity contribution in [2.75, 3.05) is 11.5 Å². The van der Waals surface area contributed by atoms with Gasteiger partial charge in [-0.15, -0.1) is 0 Å². The van der Waals surface area contributed by atoms with Crippen molar-refractivity contribution < 1.29 is 19.4 Å². The quantitative estimate of drug-likeness (QED) is 0.492. The Morgan fingerprint density at radius 1 is 0.923 bits per heavy atom. The molecule has 0 saturated heterocycles. The molecule has 2 atom stereocenters. The van der Waals surface area contributed by atoms with Crippen molar-refractivity contribution in [2.45, 2.75) is 84.5 Å². The summed E-state index contributed by atoms with van der Waals surface area (Å²) in [4.78, 5) is 22.0. The average Bonchev–Trinajstić information content (AvgIpc) is 2.48. The van der Waals surface area contributed by atoms with Gasteiger partial charge in [-0.1, -0.05) is 41.5 Å². The highest BCUT2D eigenvalue weighted by atomic mass is 32.2. The summed E-state index contributed by atoms with van der Waals surface area (Å²) in [5.41, 5.74) is 5.62. The lowest BCUT2D eigenvalue weighted by Crippen LogP contribution is -2.36. The fourth-order valence-electron chi connectivity index (χ4n) is 1.80. The molecular formula is C19H39NO4S2. The molecule has 5 nitrogen and oxygen atoms in total. The third-order valence-electron chi connectivity index (χ3n) is 3.00. The monoisotopic (exact) mass is 409 g/mol. The zero-order valence-corrected chi connectivity index (χ0v) is 19.3. The number of aliphatic carboxylic acids is 1. The topological polar surface area (TPSA) is 89.6 Å². The molecule has 0 aromatic rings. The number of carbonyl (C=O) groups is 2. The van der Waals surface area contributed by atoms with Crippen LogP contribution in [0.3, 0.4) is 0 Å². The number of esters is 1. The number of carbonyl (C=O) groups excluding carboxylic acids is 1. The molecule has 0 fully saturated rings. The van der Waals surface area contributed by atoms with Crippen molar-refractivity contribution in [3.05, 3.63) is 0 Å². The summed E-state index contributed by atoms with van der Waals surface area (Å²) in [7, 11) is 0. The number of carboxylic acids is 1. The van der Waals surface area contributed by atoms with Crippen LogP contribution in [0.5, 0.6) is 0 Å². The van der Waals surface area contributed by atoms with Crippen LogP contribution in [-0.4, -0.2) is 51.2 Å². The predicted molar refractivity (Wildman–Crippen MR) is 115 cm³/mol. The molecule has 0 aliphatic heterocycles. The number of hydrogen-bond acceptors (Lipinski definition) is 6. The molecule has 7 heteroatoms. The summed E-state index contributed by atoms with van der Waals surface area (Å²) in [6.07, 6.45) is 0.706. The summed E-state index contributed by atoms with van der Waals surface area (Å²) in [5.74, 6) is 0.709. The molecule has 0 aromatic carbocycles. The first kappa shape index (κ1) is 27.8. The van der Waals surface area contributed by atoms with Crippen molar-refractivity contribution in [3.63, 3.8) is 0 Å². The number of rotatable bonds is 11. The minimum Gasteiger partial charge on any atom is -0.481 e. The Kier molecular flexibility index (Phi) is 16.7. The number of thioether (sulfide) groups is 2.